The van der Waals surface area contributed by atoms with Gasteiger partial charge < -0.3 is 19.7 Å². The van der Waals surface area contributed by atoms with Crippen molar-refractivity contribution >= 4 is 17.8 Å². The number of nitrogens with zero attached hydrogens (tertiary/aromatic N) is 1. The van der Waals surface area contributed by atoms with Crippen LogP contribution in [0.1, 0.15) is 41.5 Å². The average molecular weight is 392 g/mol. The van der Waals surface area contributed by atoms with Crippen LogP contribution in [-0.4, -0.2) is 54.0 Å². The van der Waals surface area contributed by atoms with Gasteiger partial charge in [-0.25, -0.2) is 4.79 Å². The van der Waals surface area contributed by atoms with Crippen LogP contribution < -0.4 is 10.1 Å². The Bertz CT molecular complexity index is 635. The molecular weight excluding hydrogens is 360 g/mol. The molecular formula is C21H32N2O5. The van der Waals surface area contributed by atoms with Crippen LogP contribution >= 0.6 is 0 Å². The molecule has 0 unspecified atom stereocenters. The summed E-state index contributed by atoms with van der Waals surface area (Å²) < 4.78 is 10.6. The van der Waals surface area contributed by atoms with Crippen LogP contribution in [0.5, 0.6) is 5.75 Å². The summed E-state index contributed by atoms with van der Waals surface area (Å²) >= 11 is 0. The smallest absolute Gasteiger partial charge is 0.329 e. The molecule has 1 N–H and O–H groups in total. The minimum Gasteiger partial charge on any atom is -0.484 e. The maximum absolute atomic E-state index is 12.4. The maximum Gasteiger partial charge on any atom is 0.329 e. The highest BCUT2D eigenvalue weighted by atomic mass is 16.5. The van der Waals surface area contributed by atoms with Crippen molar-refractivity contribution in [3.05, 3.63) is 30.3 Å². The van der Waals surface area contributed by atoms with E-state index in [0.29, 0.717) is 5.75 Å². The summed E-state index contributed by atoms with van der Waals surface area (Å²) in [7, 11) is 0. The number of amides is 2. The number of carbonyl (C=O) groups is 3. The normalized spacial score (nSPS) is 12.0. The lowest BCUT2D eigenvalue weighted by molar-refractivity contribution is -0.157. The molecule has 1 atom stereocenters. The molecule has 0 bridgehead atoms. The van der Waals surface area contributed by atoms with E-state index in [1.807, 2.05) is 33.8 Å². The van der Waals surface area contributed by atoms with Gasteiger partial charge in [0.1, 0.15) is 11.8 Å². The number of hydrogen-bond acceptors (Lipinski definition) is 5. The van der Waals surface area contributed by atoms with E-state index >= 15 is 0 Å². The van der Waals surface area contributed by atoms with E-state index in [2.05, 4.69) is 5.32 Å². The molecule has 0 saturated heterocycles. The van der Waals surface area contributed by atoms with Crippen LogP contribution in [0.15, 0.2) is 30.3 Å². The molecule has 0 saturated carbocycles. The van der Waals surface area contributed by atoms with Gasteiger partial charge in [0, 0.05) is 12.1 Å². The van der Waals surface area contributed by atoms with Crippen molar-refractivity contribution < 1.29 is 23.9 Å². The Morgan fingerprint density at radius 1 is 0.929 bits per heavy atom. The number of para-hydroxylation sites is 1. The molecule has 1 aromatic rings. The number of carbonyl (C=O) groups excluding carboxylic acids is 3. The molecule has 7 nitrogen and oxygen atoms in total. The molecule has 0 radical (unpaired) electrons. The number of benzene rings is 1. The lowest BCUT2D eigenvalue weighted by Crippen LogP contribution is -2.48. The van der Waals surface area contributed by atoms with Crippen LogP contribution in [0.25, 0.3) is 0 Å². The Labute approximate surface area is 167 Å². The van der Waals surface area contributed by atoms with Gasteiger partial charge in [0.15, 0.2) is 13.2 Å². The van der Waals surface area contributed by atoms with Crippen molar-refractivity contribution in [2.24, 2.45) is 5.92 Å². The molecule has 0 fully saturated rings. The minimum absolute atomic E-state index is 0.00179. The predicted octanol–water partition coefficient (Wildman–Crippen LogP) is 2.39. The summed E-state index contributed by atoms with van der Waals surface area (Å²) in [5.41, 5.74) is 0. The lowest BCUT2D eigenvalue weighted by Gasteiger charge is -2.30. The van der Waals surface area contributed by atoms with Crippen LogP contribution in [0.4, 0.5) is 0 Å². The van der Waals surface area contributed by atoms with Crippen molar-refractivity contribution in [2.75, 3.05) is 13.2 Å². The van der Waals surface area contributed by atoms with E-state index in [0.717, 1.165) is 0 Å². The fraction of sp³-hybridized carbons (Fsp3) is 0.571. The summed E-state index contributed by atoms with van der Waals surface area (Å²) in [5.74, 6) is -0.968. The lowest BCUT2D eigenvalue weighted by atomic mass is 10.0. The molecule has 1 rings (SSSR count). The molecule has 1 aromatic carbocycles. The highest BCUT2D eigenvalue weighted by Gasteiger charge is 2.28. The summed E-state index contributed by atoms with van der Waals surface area (Å²) in [6, 6.07) is 8.07. The van der Waals surface area contributed by atoms with Gasteiger partial charge in [-0.1, -0.05) is 32.0 Å². The van der Waals surface area contributed by atoms with Gasteiger partial charge in [0.05, 0.1) is 0 Å². The molecule has 2 amide bonds. The first-order chi connectivity index (χ1) is 13.1. The first kappa shape index (κ1) is 23.5. The van der Waals surface area contributed by atoms with Crippen LogP contribution in [0.2, 0.25) is 0 Å². The van der Waals surface area contributed by atoms with E-state index in [1.165, 1.54) is 0 Å². The first-order valence-corrected chi connectivity index (χ1v) is 9.58. The number of esters is 1. The Kier molecular flexibility index (Phi) is 9.48. The summed E-state index contributed by atoms with van der Waals surface area (Å²) in [5, 5.41) is 2.62. The fourth-order valence-electron chi connectivity index (χ4n) is 2.85. The first-order valence-electron chi connectivity index (χ1n) is 9.58. The molecule has 0 aliphatic heterocycles. The quantitative estimate of drug-likeness (QED) is 0.618. The molecule has 0 aromatic heterocycles. The predicted molar refractivity (Wildman–Crippen MR) is 107 cm³/mol. The van der Waals surface area contributed by atoms with Gasteiger partial charge >= 0.3 is 5.97 Å². The van der Waals surface area contributed by atoms with Gasteiger partial charge in [-0.05, 0) is 45.7 Å². The van der Waals surface area contributed by atoms with E-state index < -0.39 is 17.9 Å². The number of nitrogens with one attached hydrogen (secondary N) is 1. The Hall–Kier alpha value is -2.57. The van der Waals surface area contributed by atoms with E-state index in [-0.39, 0.29) is 37.1 Å². The van der Waals surface area contributed by atoms with Crippen LogP contribution in [-0.2, 0) is 19.1 Å². The second kappa shape index (κ2) is 11.3. The monoisotopic (exact) mass is 392 g/mol. The third kappa shape index (κ3) is 7.58. The third-order valence-electron chi connectivity index (χ3n) is 4.09. The topological polar surface area (TPSA) is 84.9 Å². The largest absolute Gasteiger partial charge is 0.484 e. The van der Waals surface area contributed by atoms with Gasteiger partial charge in [0.25, 0.3) is 11.8 Å². The zero-order valence-electron chi connectivity index (χ0n) is 17.6. The van der Waals surface area contributed by atoms with E-state index in [9.17, 15) is 14.4 Å². The maximum atomic E-state index is 12.4. The van der Waals surface area contributed by atoms with Gasteiger partial charge in [-0.3, -0.25) is 9.59 Å². The highest BCUT2D eigenvalue weighted by Crippen LogP contribution is 2.10. The zero-order chi connectivity index (χ0) is 21.3. The molecule has 156 valence electrons. The summed E-state index contributed by atoms with van der Waals surface area (Å²) in [4.78, 5) is 38.6. The van der Waals surface area contributed by atoms with E-state index in [1.54, 1.807) is 43.0 Å². The minimum atomic E-state index is -0.855. The van der Waals surface area contributed by atoms with Gasteiger partial charge in [0.2, 0.25) is 0 Å². The number of hydrogen-bond donors (Lipinski definition) is 1. The zero-order valence-corrected chi connectivity index (χ0v) is 17.6. The summed E-state index contributed by atoms with van der Waals surface area (Å²) in [6.07, 6.45) is 0. The molecule has 7 heteroatoms. The SMILES string of the molecule is CC(C)[C@H](NC(=O)COc1ccccc1)C(=O)OCC(=O)N(C(C)C)C(C)C. The summed E-state index contributed by atoms with van der Waals surface area (Å²) in [6.45, 7) is 10.6. The van der Waals surface area contributed by atoms with Crippen molar-refractivity contribution in [3.63, 3.8) is 0 Å². The third-order valence-corrected chi connectivity index (χ3v) is 4.09. The Balaban J connectivity index is 2.58. The van der Waals surface area contributed by atoms with Crippen molar-refractivity contribution in [1.29, 1.82) is 0 Å². The van der Waals surface area contributed by atoms with E-state index in [4.69, 9.17) is 9.47 Å². The van der Waals surface area contributed by atoms with Gasteiger partial charge in [-0.2, -0.15) is 0 Å². The molecule has 0 heterocycles. The standard InChI is InChI=1S/C21H32N2O5/c1-14(2)20(22-18(24)12-27-17-10-8-7-9-11-17)21(26)28-13-19(25)23(15(3)4)16(5)6/h7-11,14-16,20H,12-13H2,1-6H3,(H,22,24)/t20-/m0/s1. The van der Waals surface area contributed by atoms with Crippen LogP contribution in [0, 0.1) is 5.92 Å². The molecule has 28 heavy (non-hydrogen) atoms. The van der Waals surface area contributed by atoms with Crippen molar-refractivity contribution in [1.82, 2.24) is 10.2 Å². The molecule has 0 aliphatic carbocycles. The average Bonchev–Trinajstić information content (AvgIpc) is 2.62. The number of rotatable bonds is 10. The second-order valence-corrected chi connectivity index (χ2v) is 7.49. The molecule has 0 spiro atoms. The van der Waals surface area contributed by atoms with Crippen LogP contribution in [0.3, 0.4) is 0 Å². The highest BCUT2D eigenvalue weighted by molar-refractivity contribution is 5.87. The number of ether oxygens (including phenoxy) is 2. The van der Waals surface area contributed by atoms with Crippen molar-refractivity contribution in [3.8, 4) is 5.75 Å². The molecule has 0 aliphatic rings. The second-order valence-electron chi connectivity index (χ2n) is 7.49. The van der Waals surface area contributed by atoms with Crippen molar-refractivity contribution in [2.45, 2.75) is 59.7 Å². The Morgan fingerprint density at radius 3 is 2.00 bits per heavy atom. The fourth-order valence-corrected chi connectivity index (χ4v) is 2.85. The van der Waals surface area contributed by atoms with Gasteiger partial charge in [-0.15, -0.1) is 0 Å². The Morgan fingerprint density at radius 2 is 1.50 bits per heavy atom.